The number of hydrogen-bond acceptors (Lipinski definition) is 0. The van der Waals surface area contributed by atoms with Gasteiger partial charge in [-0.25, -0.2) is 0 Å². The van der Waals surface area contributed by atoms with Crippen LogP contribution in [0.25, 0.3) is 54.9 Å². The zero-order valence-corrected chi connectivity index (χ0v) is 18.6. The van der Waals surface area contributed by atoms with Crippen LogP contribution in [0.4, 0.5) is 0 Å². The summed E-state index contributed by atoms with van der Waals surface area (Å²) >= 11 is 0. The second-order valence-electron chi connectivity index (χ2n) is 8.60. The van der Waals surface area contributed by atoms with Gasteiger partial charge in [-0.2, -0.15) is 0 Å². The van der Waals surface area contributed by atoms with Crippen molar-refractivity contribution < 1.29 is 0 Å². The van der Waals surface area contributed by atoms with Crippen LogP contribution in [-0.2, 0) is 0 Å². The first-order chi connectivity index (χ1) is 16.3. The third kappa shape index (κ3) is 3.32. The number of aryl methyl sites for hydroxylation is 1. The standard InChI is InChI=1S/C33H24/c1-23-22-26(24-12-4-2-5-13-24)20-21-27(23)33-30-18-10-8-16-28(30)32(25-14-6-3-7-15-25)29-17-9-11-19-31(29)33/h2-22H,1H3. The lowest BCUT2D eigenvalue weighted by Crippen LogP contribution is -1.92. The fourth-order valence-electron chi connectivity index (χ4n) is 5.09. The SMILES string of the molecule is Cc1cc(-c2ccccc2)ccc1-c1c2ccccc2c(-c2ccccc2)c2ccccc12. The van der Waals surface area contributed by atoms with E-state index < -0.39 is 0 Å². The largest absolute Gasteiger partial charge is 0.0622 e. The van der Waals surface area contributed by atoms with Crippen molar-refractivity contribution in [1.82, 2.24) is 0 Å². The van der Waals surface area contributed by atoms with Crippen LogP contribution >= 0.6 is 0 Å². The minimum Gasteiger partial charge on any atom is -0.0622 e. The van der Waals surface area contributed by atoms with Crippen LogP contribution in [0.1, 0.15) is 5.56 Å². The third-order valence-corrected chi connectivity index (χ3v) is 6.60. The van der Waals surface area contributed by atoms with Gasteiger partial charge >= 0.3 is 0 Å². The minimum atomic E-state index is 1.25. The number of benzene rings is 6. The highest BCUT2D eigenvalue weighted by atomic mass is 14.2. The highest BCUT2D eigenvalue weighted by Crippen LogP contribution is 2.44. The lowest BCUT2D eigenvalue weighted by molar-refractivity contribution is 1.46. The molecule has 6 rings (SSSR count). The molecule has 0 bridgehead atoms. The molecule has 6 aromatic carbocycles. The molecule has 0 aliphatic carbocycles. The Morgan fingerprint density at radius 1 is 0.364 bits per heavy atom. The molecule has 156 valence electrons. The molecule has 0 aliphatic heterocycles. The van der Waals surface area contributed by atoms with E-state index in [0.29, 0.717) is 0 Å². The molecule has 0 atom stereocenters. The Morgan fingerprint density at radius 2 is 0.818 bits per heavy atom. The Hall–Kier alpha value is -4.16. The van der Waals surface area contributed by atoms with Crippen LogP contribution in [0.2, 0.25) is 0 Å². The Morgan fingerprint density at radius 3 is 1.33 bits per heavy atom. The zero-order valence-electron chi connectivity index (χ0n) is 18.6. The van der Waals surface area contributed by atoms with Gasteiger partial charge in [0.25, 0.3) is 0 Å². The fraction of sp³-hybridized carbons (Fsp3) is 0.0303. The topological polar surface area (TPSA) is 0 Å². The molecule has 33 heavy (non-hydrogen) atoms. The van der Waals surface area contributed by atoms with E-state index in [9.17, 15) is 0 Å². The van der Waals surface area contributed by atoms with Gasteiger partial charge in [0, 0.05) is 0 Å². The molecule has 0 saturated carbocycles. The monoisotopic (exact) mass is 420 g/mol. The van der Waals surface area contributed by atoms with Crippen molar-refractivity contribution in [2.24, 2.45) is 0 Å². The zero-order chi connectivity index (χ0) is 22.2. The first kappa shape index (κ1) is 19.5. The molecule has 0 unspecified atom stereocenters. The molecule has 0 heteroatoms. The van der Waals surface area contributed by atoms with Gasteiger partial charge in [0.15, 0.2) is 0 Å². The smallest absolute Gasteiger partial charge is 0.00237 e. The maximum Gasteiger partial charge on any atom is -0.00237 e. The van der Waals surface area contributed by atoms with Crippen LogP contribution in [-0.4, -0.2) is 0 Å². The van der Waals surface area contributed by atoms with Crippen molar-refractivity contribution in [3.63, 3.8) is 0 Å². The van der Waals surface area contributed by atoms with Gasteiger partial charge in [-0.1, -0.05) is 127 Å². The Kier molecular flexibility index (Phi) is 4.78. The second kappa shape index (κ2) is 8.07. The van der Waals surface area contributed by atoms with Gasteiger partial charge in [0.1, 0.15) is 0 Å². The van der Waals surface area contributed by atoms with Gasteiger partial charge in [0.2, 0.25) is 0 Å². The molecular weight excluding hydrogens is 396 g/mol. The molecule has 0 fully saturated rings. The van der Waals surface area contributed by atoms with Gasteiger partial charge in [-0.15, -0.1) is 0 Å². The van der Waals surface area contributed by atoms with Gasteiger partial charge in [-0.3, -0.25) is 0 Å². The van der Waals surface area contributed by atoms with Crippen LogP contribution in [0.5, 0.6) is 0 Å². The van der Waals surface area contributed by atoms with Crippen molar-refractivity contribution in [3.05, 3.63) is 133 Å². The van der Waals surface area contributed by atoms with Crippen molar-refractivity contribution >= 4 is 21.5 Å². The molecule has 0 nitrogen and oxygen atoms in total. The summed E-state index contributed by atoms with van der Waals surface area (Å²) in [7, 11) is 0. The number of hydrogen-bond donors (Lipinski definition) is 0. The first-order valence-corrected chi connectivity index (χ1v) is 11.5. The Labute approximate surface area is 194 Å². The molecule has 6 aromatic rings. The summed E-state index contributed by atoms with van der Waals surface area (Å²) in [5, 5.41) is 5.18. The van der Waals surface area contributed by atoms with E-state index in [1.807, 2.05) is 0 Å². The summed E-state index contributed by atoms with van der Waals surface area (Å²) in [5.41, 5.74) is 8.98. The van der Waals surface area contributed by atoms with E-state index in [1.54, 1.807) is 0 Å². The van der Waals surface area contributed by atoms with Gasteiger partial charge in [-0.05, 0) is 67.4 Å². The van der Waals surface area contributed by atoms with E-state index in [1.165, 1.54) is 60.5 Å². The lowest BCUT2D eigenvalue weighted by atomic mass is 9.84. The van der Waals surface area contributed by atoms with Crippen molar-refractivity contribution in [1.29, 1.82) is 0 Å². The maximum atomic E-state index is 2.32. The van der Waals surface area contributed by atoms with Gasteiger partial charge in [0.05, 0.1) is 0 Å². The van der Waals surface area contributed by atoms with Crippen molar-refractivity contribution in [2.75, 3.05) is 0 Å². The van der Waals surface area contributed by atoms with Crippen LogP contribution in [0, 0.1) is 6.92 Å². The van der Waals surface area contributed by atoms with E-state index in [2.05, 4.69) is 134 Å². The second-order valence-corrected chi connectivity index (χ2v) is 8.60. The van der Waals surface area contributed by atoms with E-state index in [-0.39, 0.29) is 0 Å². The van der Waals surface area contributed by atoms with E-state index in [0.717, 1.165) is 0 Å². The lowest BCUT2D eigenvalue weighted by Gasteiger charge is -2.19. The molecule has 0 radical (unpaired) electrons. The Balaban J connectivity index is 1.68. The highest BCUT2D eigenvalue weighted by Gasteiger charge is 2.17. The molecule has 0 spiro atoms. The highest BCUT2D eigenvalue weighted by molar-refractivity contribution is 6.21. The summed E-state index contributed by atoms with van der Waals surface area (Å²) in [4.78, 5) is 0. The summed E-state index contributed by atoms with van der Waals surface area (Å²) in [6, 6.07) is 45.9. The normalized spacial score (nSPS) is 11.2. The van der Waals surface area contributed by atoms with Crippen molar-refractivity contribution in [3.8, 4) is 33.4 Å². The number of rotatable bonds is 3. The molecule has 0 amide bonds. The number of fused-ring (bicyclic) bond motifs is 2. The summed E-state index contributed by atoms with van der Waals surface area (Å²) in [6.45, 7) is 2.23. The molecule has 0 heterocycles. The van der Waals surface area contributed by atoms with Gasteiger partial charge < -0.3 is 0 Å². The third-order valence-electron chi connectivity index (χ3n) is 6.60. The fourth-order valence-corrected chi connectivity index (χ4v) is 5.09. The maximum absolute atomic E-state index is 2.32. The molecule has 0 aliphatic rings. The van der Waals surface area contributed by atoms with E-state index >= 15 is 0 Å². The summed E-state index contributed by atoms with van der Waals surface area (Å²) in [5.74, 6) is 0. The quantitative estimate of drug-likeness (QED) is 0.250. The summed E-state index contributed by atoms with van der Waals surface area (Å²) < 4.78 is 0. The predicted molar refractivity (Wildman–Crippen MR) is 142 cm³/mol. The van der Waals surface area contributed by atoms with Crippen LogP contribution < -0.4 is 0 Å². The van der Waals surface area contributed by atoms with Crippen LogP contribution in [0.3, 0.4) is 0 Å². The average Bonchev–Trinajstić information content (AvgIpc) is 2.88. The summed E-state index contributed by atoms with van der Waals surface area (Å²) in [6.07, 6.45) is 0. The molecule has 0 N–H and O–H groups in total. The molecular formula is C33H24. The van der Waals surface area contributed by atoms with Crippen molar-refractivity contribution in [2.45, 2.75) is 6.92 Å². The van der Waals surface area contributed by atoms with Crippen LogP contribution in [0.15, 0.2) is 127 Å². The Bertz CT molecular complexity index is 1540. The minimum absolute atomic E-state index is 1.25. The molecule has 0 aromatic heterocycles. The van der Waals surface area contributed by atoms with E-state index in [4.69, 9.17) is 0 Å². The molecule has 0 saturated heterocycles. The first-order valence-electron chi connectivity index (χ1n) is 11.5. The average molecular weight is 421 g/mol. The predicted octanol–water partition coefficient (Wildman–Crippen LogP) is 9.30.